The van der Waals surface area contributed by atoms with Crippen molar-refractivity contribution in [2.45, 2.75) is 71.9 Å². The first-order valence-corrected chi connectivity index (χ1v) is 9.23. The molecule has 0 unspecified atom stereocenters. The van der Waals surface area contributed by atoms with Gasteiger partial charge in [-0.3, -0.25) is 0 Å². The fraction of sp³-hybridized carbons (Fsp3) is 0.824. The van der Waals surface area contributed by atoms with Crippen molar-refractivity contribution >= 4 is 16.5 Å². The molecule has 0 bridgehead atoms. The third kappa shape index (κ3) is 4.68. The van der Waals surface area contributed by atoms with Crippen LogP contribution in [-0.2, 0) is 6.54 Å². The van der Waals surface area contributed by atoms with E-state index >= 15 is 0 Å². The van der Waals surface area contributed by atoms with Gasteiger partial charge in [-0.25, -0.2) is 4.98 Å². The van der Waals surface area contributed by atoms with E-state index in [2.05, 4.69) is 45.0 Å². The molecular weight excluding hydrogens is 278 g/mol. The van der Waals surface area contributed by atoms with Gasteiger partial charge in [0.15, 0.2) is 5.13 Å². The predicted molar refractivity (Wildman–Crippen MR) is 93.4 cm³/mol. The van der Waals surface area contributed by atoms with Gasteiger partial charge in [0.05, 0.1) is 5.69 Å². The van der Waals surface area contributed by atoms with Gasteiger partial charge in [0.2, 0.25) is 0 Å². The number of nitrogens with one attached hydrogen (secondary N) is 1. The largest absolute Gasteiger partial charge is 0.351 e. The number of rotatable bonds is 7. The average Bonchev–Trinajstić information content (AvgIpc) is 3.04. The van der Waals surface area contributed by atoms with E-state index in [0.29, 0.717) is 12.0 Å². The standard InChI is InChI=1S/C17H31N3S/c1-12(2)16-15(10-18-13(3)4)21-17(19-16)20(5)11-14-8-6-7-9-14/h12-14,18H,6-11H2,1-5H3. The van der Waals surface area contributed by atoms with Crippen LogP contribution in [0.3, 0.4) is 0 Å². The van der Waals surface area contributed by atoms with Crippen LogP contribution in [0, 0.1) is 5.92 Å². The lowest BCUT2D eigenvalue weighted by molar-refractivity contribution is 0.546. The molecule has 0 aliphatic heterocycles. The van der Waals surface area contributed by atoms with E-state index in [0.717, 1.165) is 12.5 Å². The zero-order valence-electron chi connectivity index (χ0n) is 14.3. The molecule has 1 fully saturated rings. The van der Waals surface area contributed by atoms with Crippen LogP contribution in [0.5, 0.6) is 0 Å². The zero-order valence-corrected chi connectivity index (χ0v) is 15.1. The first kappa shape index (κ1) is 16.8. The van der Waals surface area contributed by atoms with E-state index in [1.165, 1.54) is 47.9 Å². The Morgan fingerprint density at radius 1 is 1.24 bits per heavy atom. The summed E-state index contributed by atoms with van der Waals surface area (Å²) in [5.41, 5.74) is 1.28. The lowest BCUT2D eigenvalue weighted by atomic mass is 10.1. The Morgan fingerprint density at radius 3 is 2.48 bits per heavy atom. The van der Waals surface area contributed by atoms with E-state index in [1.54, 1.807) is 0 Å². The molecule has 0 atom stereocenters. The average molecular weight is 310 g/mol. The molecule has 1 aliphatic rings. The summed E-state index contributed by atoms with van der Waals surface area (Å²) < 4.78 is 0. The van der Waals surface area contributed by atoms with Crippen molar-refractivity contribution in [3.05, 3.63) is 10.6 Å². The quantitative estimate of drug-likeness (QED) is 0.809. The van der Waals surface area contributed by atoms with Gasteiger partial charge in [0.1, 0.15) is 0 Å². The van der Waals surface area contributed by atoms with Crippen molar-refractivity contribution in [2.24, 2.45) is 5.92 Å². The van der Waals surface area contributed by atoms with Crippen LogP contribution in [0.1, 0.15) is 69.9 Å². The summed E-state index contributed by atoms with van der Waals surface area (Å²) in [7, 11) is 2.21. The second-order valence-corrected chi connectivity index (χ2v) is 8.09. The molecule has 2 rings (SSSR count). The molecule has 120 valence electrons. The normalized spacial score (nSPS) is 16.3. The van der Waals surface area contributed by atoms with Gasteiger partial charge >= 0.3 is 0 Å². The van der Waals surface area contributed by atoms with Gasteiger partial charge in [-0.15, -0.1) is 11.3 Å². The van der Waals surface area contributed by atoms with Gasteiger partial charge in [-0.05, 0) is 24.7 Å². The summed E-state index contributed by atoms with van der Waals surface area (Å²) in [5, 5.41) is 4.73. The van der Waals surface area contributed by atoms with Crippen molar-refractivity contribution in [1.29, 1.82) is 0 Å². The van der Waals surface area contributed by atoms with E-state index < -0.39 is 0 Å². The Bertz CT molecular complexity index is 433. The molecule has 0 aromatic carbocycles. The van der Waals surface area contributed by atoms with Gasteiger partial charge in [0, 0.05) is 31.1 Å². The highest BCUT2D eigenvalue weighted by Crippen LogP contribution is 2.32. The fourth-order valence-electron chi connectivity index (χ4n) is 3.05. The van der Waals surface area contributed by atoms with E-state index in [1.807, 2.05) is 11.3 Å². The molecule has 1 heterocycles. The van der Waals surface area contributed by atoms with Crippen molar-refractivity contribution < 1.29 is 0 Å². The maximum absolute atomic E-state index is 4.93. The number of anilines is 1. The van der Waals surface area contributed by atoms with Crippen molar-refractivity contribution in [3.8, 4) is 0 Å². The van der Waals surface area contributed by atoms with Crippen LogP contribution in [0.4, 0.5) is 5.13 Å². The highest BCUT2D eigenvalue weighted by atomic mass is 32.1. The smallest absolute Gasteiger partial charge is 0.185 e. The predicted octanol–water partition coefficient (Wildman–Crippen LogP) is 4.39. The molecule has 1 aromatic heterocycles. The number of hydrogen-bond acceptors (Lipinski definition) is 4. The van der Waals surface area contributed by atoms with Crippen molar-refractivity contribution in [2.75, 3.05) is 18.5 Å². The van der Waals surface area contributed by atoms with Crippen LogP contribution >= 0.6 is 11.3 Å². The van der Waals surface area contributed by atoms with E-state index in [4.69, 9.17) is 4.98 Å². The maximum Gasteiger partial charge on any atom is 0.185 e. The zero-order chi connectivity index (χ0) is 15.4. The molecule has 0 radical (unpaired) electrons. The molecule has 1 N–H and O–H groups in total. The summed E-state index contributed by atoms with van der Waals surface area (Å²) in [4.78, 5) is 8.72. The molecule has 0 amide bonds. The van der Waals surface area contributed by atoms with Crippen LogP contribution in [0.25, 0.3) is 0 Å². The summed E-state index contributed by atoms with van der Waals surface area (Å²) in [6.07, 6.45) is 5.62. The summed E-state index contributed by atoms with van der Waals surface area (Å²) in [5.74, 6) is 1.37. The number of thiazole rings is 1. The minimum absolute atomic E-state index is 0.499. The number of aromatic nitrogens is 1. The topological polar surface area (TPSA) is 28.2 Å². The van der Waals surface area contributed by atoms with Gasteiger partial charge in [-0.1, -0.05) is 40.5 Å². The SMILES string of the molecule is CC(C)NCc1sc(N(C)CC2CCCC2)nc1C(C)C. The van der Waals surface area contributed by atoms with Crippen LogP contribution in [-0.4, -0.2) is 24.6 Å². The van der Waals surface area contributed by atoms with Crippen molar-refractivity contribution in [1.82, 2.24) is 10.3 Å². The van der Waals surface area contributed by atoms with Gasteiger partial charge in [0.25, 0.3) is 0 Å². The van der Waals surface area contributed by atoms with Gasteiger partial charge in [-0.2, -0.15) is 0 Å². The first-order valence-electron chi connectivity index (χ1n) is 8.41. The first-order chi connectivity index (χ1) is 9.97. The molecule has 21 heavy (non-hydrogen) atoms. The third-order valence-corrected chi connectivity index (χ3v) is 5.45. The molecule has 1 aliphatic carbocycles. The molecule has 0 saturated heterocycles. The second kappa shape index (κ2) is 7.59. The number of nitrogens with zero attached hydrogens (tertiary/aromatic N) is 2. The molecule has 1 aromatic rings. The van der Waals surface area contributed by atoms with Crippen LogP contribution in [0.2, 0.25) is 0 Å². The van der Waals surface area contributed by atoms with Gasteiger partial charge < -0.3 is 10.2 Å². The van der Waals surface area contributed by atoms with E-state index in [-0.39, 0.29) is 0 Å². The summed E-state index contributed by atoms with van der Waals surface area (Å²) in [6.45, 7) is 11.0. The Balaban J connectivity index is 2.06. The fourth-order valence-corrected chi connectivity index (χ4v) is 4.18. The molecule has 3 nitrogen and oxygen atoms in total. The highest BCUT2D eigenvalue weighted by Gasteiger charge is 2.21. The van der Waals surface area contributed by atoms with Crippen LogP contribution < -0.4 is 10.2 Å². The maximum atomic E-state index is 4.93. The lowest BCUT2D eigenvalue weighted by Crippen LogP contribution is -2.23. The number of hydrogen-bond donors (Lipinski definition) is 1. The minimum atomic E-state index is 0.499. The molecule has 1 saturated carbocycles. The monoisotopic (exact) mass is 309 g/mol. The van der Waals surface area contributed by atoms with E-state index in [9.17, 15) is 0 Å². The van der Waals surface area contributed by atoms with Crippen LogP contribution in [0.15, 0.2) is 0 Å². The second-order valence-electron chi connectivity index (χ2n) is 7.03. The molecular formula is C17H31N3S. The minimum Gasteiger partial charge on any atom is -0.351 e. The Morgan fingerprint density at radius 2 is 1.90 bits per heavy atom. The Kier molecular flexibility index (Phi) is 6.06. The Labute approximate surface area is 134 Å². The molecule has 4 heteroatoms. The summed E-state index contributed by atoms with van der Waals surface area (Å²) >= 11 is 1.87. The lowest BCUT2D eigenvalue weighted by Gasteiger charge is -2.20. The summed E-state index contributed by atoms with van der Waals surface area (Å²) in [6, 6.07) is 0.520. The molecule has 0 spiro atoms. The highest BCUT2D eigenvalue weighted by molar-refractivity contribution is 7.15. The Hall–Kier alpha value is -0.610. The third-order valence-electron chi connectivity index (χ3n) is 4.27. The van der Waals surface area contributed by atoms with Crippen molar-refractivity contribution in [3.63, 3.8) is 0 Å².